The molecule has 0 fully saturated rings. The Morgan fingerprint density at radius 3 is 2.73 bits per heavy atom. The van der Waals surface area contributed by atoms with E-state index in [2.05, 4.69) is 15.9 Å². The molecule has 1 aromatic carbocycles. The third kappa shape index (κ3) is 3.39. The summed E-state index contributed by atoms with van der Waals surface area (Å²) in [6, 6.07) is 1.29. The number of sulfonamides is 1. The molecule has 0 aliphatic heterocycles. The van der Waals surface area contributed by atoms with Crippen LogP contribution in [0.2, 0.25) is 0 Å². The number of ether oxygens (including phenoxy) is 1. The molecule has 10 heteroatoms. The predicted molar refractivity (Wildman–Crippen MR) is 77.7 cm³/mol. The fraction of sp³-hybridized carbons (Fsp3) is 0.167. The van der Waals surface area contributed by atoms with Crippen LogP contribution in [0.3, 0.4) is 0 Å². The highest BCUT2D eigenvalue weighted by Gasteiger charge is 2.24. The Kier molecular flexibility index (Phi) is 4.71. The van der Waals surface area contributed by atoms with E-state index in [1.54, 1.807) is 6.92 Å². The molecule has 118 valence electrons. The second-order valence-corrected chi connectivity index (χ2v) is 6.40. The van der Waals surface area contributed by atoms with Crippen molar-refractivity contribution in [2.45, 2.75) is 11.8 Å². The van der Waals surface area contributed by atoms with Crippen molar-refractivity contribution in [1.82, 2.24) is 9.36 Å². The molecule has 0 saturated carbocycles. The van der Waals surface area contributed by atoms with Gasteiger partial charge >= 0.3 is 0 Å². The van der Waals surface area contributed by atoms with Crippen LogP contribution in [-0.4, -0.2) is 24.4 Å². The van der Waals surface area contributed by atoms with Gasteiger partial charge in [0.25, 0.3) is 10.0 Å². The molecule has 0 bridgehead atoms. The summed E-state index contributed by atoms with van der Waals surface area (Å²) in [5.41, 5.74) is -0.241. The molecule has 0 aliphatic rings. The van der Waals surface area contributed by atoms with Gasteiger partial charge < -0.3 is 4.74 Å². The van der Waals surface area contributed by atoms with E-state index in [-0.39, 0.29) is 23.1 Å². The first-order valence-electron chi connectivity index (χ1n) is 5.95. The molecule has 0 amide bonds. The van der Waals surface area contributed by atoms with Crippen LogP contribution in [0.15, 0.2) is 29.9 Å². The first-order valence-corrected chi connectivity index (χ1v) is 8.21. The topological polar surface area (TPSA) is 81.2 Å². The number of hydrogen-bond donors (Lipinski definition) is 1. The highest BCUT2D eigenvalue weighted by Crippen LogP contribution is 2.26. The van der Waals surface area contributed by atoms with Gasteiger partial charge in [-0.1, -0.05) is 6.58 Å². The number of benzene rings is 1. The van der Waals surface area contributed by atoms with Gasteiger partial charge in [0.05, 0.1) is 12.2 Å². The minimum Gasteiger partial charge on any atom is -0.494 e. The summed E-state index contributed by atoms with van der Waals surface area (Å²) in [5, 5.41) is -0.0531. The molecule has 0 aliphatic carbocycles. The molecule has 0 spiro atoms. The molecule has 6 nitrogen and oxygen atoms in total. The molecular formula is C12H11F2N3O3S2. The molecule has 0 saturated heterocycles. The van der Waals surface area contributed by atoms with Crippen molar-refractivity contribution >= 4 is 32.4 Å². The van der Waals surface area contributed by atoms with Crippen LogP contribution in [-0.2, 0) is 14.8 Å². The fourth-order valence-electron chi connectivity index (χ4n) is 1.59. The van der Waals surface area contributed by atoms with Gasteiger partial charge in [-0.2, -0.15) is 4.37 Å². The summed E-state index contributed by atoms with van der Waals surface area (Å²) in [6.07, 6.45) is 1.13. The maximum absolute atomic E-state index is 14.0. The Morgan fingerprint density at radius 1 is 1.41 bits per heavy atom. The summed E-state index contributed by atoms with van der Waals surface area (Å²) in [7, 11) is -4.32. The van der Waals surface area contributed by atoms with Gasteiger partial charge in [-0.15, -0.1) is 0 Å². The van der Waals surface area contributed by atoms with Crippen LogP contribution in [0.25, 0.3) is 5.76 Å². The van der Waals surface area contributed by atoms with Crippen molar-refractivity contribution in [1.29, 1.82) is 0 Å². The van der Waals surface area contributed by atoms with Gasteiger partial charge in [0.2, 0.25) is 5.13 Å². The summed E-state index contributed by atoms with van der Waals surface area (Å²) < 4.78 is 62.7. The Morgan fingerprint density at radius 2 is 2.14 bits per heavy atom. The minimum atomic E-state index is -4.32. The van der Waals surface area contributed by atoms with Gasteiger partial charge in [0.15, 0.2) is 0 Å². The summed E-state index contributed by atoms with van der Waals surface area (Å²) in [4.78, 5) is 2.78. The van der Waals surface area contributed by atoms with Crippen molar-refractivity contribution in [3.63, 3.8) is 0 Å². The fourth-order valence-corrected chi connectivity index (χ4v) is 3.32. The first kappa shape index (κ1) is 16.3. The summed E-state index contributed by atoms with van der Waals surface area (Å²) in [6.45, 7) is 5.34. The maximum atomic E-state index is 14.0. The lowest BCUT2D eigenvalue weighted by atomic mass is 10.2. The van der Waals surface area contributed by atoms with Crippen LogP contribution in [0.4, 0.5) is 13.9 Å². The number of rotatable bonds is 6. The Bertz CT molecular complexity index is 792. The molecule has 1 aromatic heterocycles. The smallest absolute Gasteiger partial charge is 0.266 e. The lowest BCUT2D eigenvalue weighted by Crippen LogP contribution is -2.15. The van der Waals surface area contributed by atoms with E-state index in [1.807, 2.05) is 4.72 Å². The second-order valence-electron chi connectivity index (χ2n) is 3.97. The standard InChI is InChI=1S/C12H11F2N3O3S2/c1-3-20-7(2)8-4-10(14)11(5-9(8)13)22(18,19)17-12-15-6-16-21-12/h4-6H,2-3H2,1H3,(H,15,16,17). The number of nitrogens with one attached hydrogen (secondary N) is 1. The van der Waals surface area contributed by atoms with Crippen molar-refractivity contribution in [3.05, 3.63) is 42.2 Å². The molecular weight excluding hydrogens is 336 g/mol. The van der Waals surface area contributed by atoms with Gasteiger partial charge in [0, 0.05) is 11.5 Å². The number of nitrogens with zero attached hydrogens (tertiary/aromatic N) is 2. The Labute approximate surface area is 129 Å². The molecule has 0 radical (unpaired) electrons. The Hall–Kier alpha value is -2.07. The zero-order valence-corrected chi connectivity index (χ0v) is 13.0. The third-order valence-electron chi connectivity index (χ3n) is 2.51. The molecule has 2 aromatic rings. The average molecular weight is 347 g/mol. The van der Waals surface area contributed by atoms with Gasteiger partial charge in [0.1, 0.15) is 28.6 Å². The average Bonchev–Trinajstić information content (AvgIpc) is 2.93. The van der Waals surface area contributed by atoms with E-state index in [0.717, 1.165) is 23.9 Å². The zero-order valence-electron chi connectivity index (χ0n) is 11.3. The van der Waals surface area contributed by atoms with Crippen molar-refractivity contribution in [2.75, 3.05) is 11.3 Å². The van der Waals surface area contributed by atoms with E-state index < -0.39 is 26.6 Å². The van der Waals surface area contributed by atoms with Crippen LogP contribution in [0.1, 0.15) is 12.5 Å². The molecule has 1 N–H and O–H groups in total. The summed E-state index contributed by atoms with van der Waals surface area (Å²) >= 11 is 0.767. The third-order valence-corrected chi connectivity index (χ3v) is 4.58. The molecule has 1 heterocycles. The van der Waals surface area contributed by atoms with Crippen LogP contribution in [0, 0.1) is 11.6 Å². The van der Waals surface area contributed by atoms with Gasteiger partial charge in [-0.3, -0.25) is 4.72 Å². The highest BCUT2D eigenvalue weighted by molar-refractivity contribution is 7.93. The van der Waals surface area contributed by atoms with Crippen LogP contribution < -0.4 is 4.72 Å². The first-order chi connectivity index (χ1) is 10.3. The van der Waals surface area contributed by atoms with E-state index in [1.165, 1.54) is 0 Å². The number of hydrogen-bond acceptors (Lipinski definition) is 6. The SMILES string of the molecule is C=C(OCC)c1cc(F)c(S(=O)(=O)Nc2ncns2)cc1F. The lowest BCUT2D eigenvalue weighted by Gasteiger charge is -2.11. The normalized spacial score (nSPS) is 11.2. The molecule has 0 atom stereocenters. The number of halogens is 2. The van der Waals surface area contributed by atoms with Crippen molar-refractivity contribution < 1.29 is 21.9 Å². The van der Waals surface area contributed by atoms with E-state index in [9.17, 15) is 17.2 Å². The lowest BCUT2D eigenvalue weighted by molar-refractivity contribution is 0.297. The molecule has 2 rings (SSSR count). The van der Waals surface area contributed by atoms with E-state index in [4.69, 9.17) is 4.74 Å². The van der Waals surface area contributed by atoms with Gasteiger partial charge in [-0.05, 0) is 19.1 Å². The predicted octanol–water partition coefficient (Wildman–Crippen LogP) is 2.62. The largest absolute Gasteiger partial charge is 0.494 e. The zero-order chi connectivity index (χ0) is 16.3. The van der Waals surface area contributed by atoms with Gasteiger partial charge in [-0.25, -0.2) is 22.2 Å². The van der Waals surface area contributed by atoms with E-state index in [0.29, 0.717) is 6.07 Å². The number of anilines is 1. The highest BCUT2D eigenvalue weighted by atomic mass is 32.2. The Balaban J connectivity index is 2.40. The van der Waals surface area contributed by atoms with E-state index >= 15 is 0 Å². The van der Waals surface area contributed by atoms with Crippen LogP contribution >= 0.6 is 11.5 Å². The monoisotopic (exact) mass is 347 g/mol. The summed E-state index contributed by atoms with van der Waals surface area (Å²) in [5.74, 6) is -2.17. The number of aromatic nitrogens is 2. The van der Waals surface area contributed by atoms with Crippen LogP contribution in [0.5, 0.6) is 0 Å². The quantitative estimate of drug-likeness (QED) is 0.813. The van der Waals surface area contributed by atoms with Crippen molar-refractivity contribution in [3.8, 4) is 0 Å². The van der Waals surface area contributed by atoms with Crippen molar-refractivity contribution in [2.24, 2.45) is 0 Å². The minimum absolute atomic E-state index is 0.0531. The molecule has 22 heavy (non-hydrogen) atoms. The maximum Gasteiger partial charge on any atom is 0.266 e. The molecule has 0 unspecified atom stereocenters. The second kappa shape index (κ2) is 6.36.